The molecule has 0 spiro atoms. The summed E-state index contributed by atoms with van der Waals surface area (Å²) < 4.78 is 0. The first-order valence-electron chi connectivity index (χ1n) is 6.58. The first kappa shape index (κ1) is 13.7. The predicted octanol–water partition coefficient (Wildman–Crippen LogP) is 4.75. The van der Waals surface area contributed by atoms with E-state index in [0.717, 1.165) is 10.8 Å². The number of nitrogens with zero attached hydrogens (tertiary/aromatic N) is 3. The molecule has 0 aliphatic carbocycles. The van der Waals surface area contributed by atoms with Crippen molar-refractivity contribution in [3.8, 4) is 0 Å². The Kier molecular flexibility index (Phi) is 3.49. The molecular weight excluding hydrogens is 280 g/mol. The second kappa shape index (κ2) is 5.61. The number of anilines is 1. The number of nitro benzene ring substituents is 1. The SMILES string of the molecule is Nc1c(N=Nc2ccc([N+](=O)[O-])cc2)ccc2ccccc12. The number of nitrogens with two attached hydrogens (primary N) is 1. The van der Waals surface area contributed by atoms with Gasteiger partial charge >= 0.3 is 0 Å². The van der Waals surface area contributed by atoms with Gasteiger partial charge in [0.1, 0.15) is 5.69 Å². The fraction of sp³-hybridized carbons (Fsp3) is 0. The summed E-state index contributed by atoms with van der Waals surface area (Å²) in [6.45, 7) is 0. The molecule has 2 N–H and O–H groups in total. The fourth-order valence-electron chi connectivity index (χ4n) is 2.12. The highest BCUT2D eigenvalue weighted by atomic mass is 16.6. The lowest BCUT2D eigenvalue weighted by molar-refractivity contribution is -0.384. The minimum atomic E-state index is -0.456. The first-order valence-corrected chi connectivity index (χ1v) is 6.58. The third-order valence-electron chi connectivity index (χ3n) is 3.28. The molecule has 0 unspecified atom stereocenters. The van der Waals surface area contributed by atoms with E-state index in [-0.39, 0.29) is 5.69 Å². The van der Waals surface area contributed by atoms with Gasteiger partial charge in [0.25, 0.3) is 5.69 Å². The minimum absolute atomic E-state index is 0.0177. The van der Waals surface area contributed by atoms with E-state index in [1.165, 1.54) is 12.1 Å². The molecule has 3 rings (SSSR count). The van der Waals surface area contributed by atoms with Crippen LogP contribution in [0, 0.1) is 10.1 Å². The van der Waals surface area contributed by atoms with E-state index in [1.54, 1.807) is 18.2 Å². The summed E-state index contributed by atoms with van der Waals surface area (Å²) in [5.74, 6) is 0. The molecule has 0 radical (unpaired) electrons. The molecule has 0 aromatic heterocycles. The average Bonchev–Trinajstić information content (AvgIpc) is 2.55. The molecule has 0 atom stereocenters. The van der Waals surface area contributed by atoms with E-state index >= 15 is 0 Å². The molecule has 0 aliphatic heterocycles. The molecule has 0 aliphatic rings. The van der Waals surface area contributed by atoms with Crippen molar-refractivity contribution in [2.24, 2.45) is 10.2 Å². The molecule has 6 nitrogen and oxygen atoms in total. The summed E-state index contributed by atoms with van der Waals surface area (Å²) in [5.41, 5.74) is 7.77. The zero-order valence-corrected chi connectivity index (χ0v) is 11.5. The largest absolute Gasteiger partial charge is 0.396 e. The van der Waals surface area contributed by atoms with Crippen LogP contribution in [0.25, 0.3) is 10.8 Å². The smallest absolute Gasteiger partial charge is 0.269 e. The molecule has 0 saturated carbocycles. The number of azo groups is 1. The van der Waals surface area contributed by atoms with Crippen molar-refractivity contribution in [1.29, 1.82) is 0 Å². The molecule has 3 aromatic rings. The molecular formula is C16H12N4O2. The number of hydrogen-bond donors (Lipinski definition) is 1. The molecule has 0 heterocycles. The summed E-state index contributed by atoms with van der Waals surface area (Å²) >= 11 is 0. The third-order valence-corrected chi connectivity index (χ3v) is 3.28. The number of hydrogen-bond acceptors (Lipinski definition) is 5. The Bertz CT molecular complexity index is 873. The average molecular weight is 292 g/mol. The lowest BCUT2D eigenvalue weighted by atomic mass is 10.1. The van der Waals surface area contributed by atoms with Crippen LogP contribution in [0.2, 0.25) is 0 Å². The number of rotatable bonds is 3. The van der Waals surface area contributed by atoms with Crippen LogP contribution in [0.4, 0.5) is 22.7 Å². The van der Waals surface area contributed by atoms with Crippen molar-refractivity contribution in [3.05, 3.63) is 70.8 Å². The van der Waals surface area contributed by atoms with E-state index in [2.05, 4.69) is 10.2 Å². The zero-order valence-electron chi connectivity index (χ0n) is 11.5. The summed E-state index contributed by atoms with van der Waals surface area (Å²) in [7, 11) is 0. The lowest BCUT2D eigenvalue weighted by Crippen LogP contribution is -1.87. The van der Waals surface area contributed by atoms with Crippen LogP contribution in [-0.4, -0.2) is 4.92 Å². The summed E-state index contributed by atoms with van der Waals surface area (Å²) in [6.07, 6.45) is 0. The highest BCUT2D eigenvalue weighted by Crippen LogP contribution is 2.32. The van der Waals surface area contributed by atoms with Gasteiger partial charge < -0.3 is 5.73 Å². The van der Waals surface area contributed by atoms with E-state index in [1.807, 2.05) is 30.3 Å². The Morgan fingerprint density at radius 3 is 2.36 bits per heavy atom. The summed E-state index contributed by atoms with van der Waals surface area (Å²) in [4.78, 5) is 10.1. The second-order valence-corrected chi connectivity index (χ2v) is 4.69. The van der Waals surface area contributed by atoms with Crippen LogP contribution in [0.15, 0.2) is 70.9 Å². The van der Waals surface area contributed by atoms with Gasteiger partial charge in [-0.1, -0.05) is 30.3 Å². The Morgan fingerprint density at radius 2 is 1.64 bits per heavy atom. The van der Waals surface area contributed by atoms with E-state index < -0.39 is 4.92 Å². The summed E-state index contributed by atoms with van der Waals surface area (Å²) in [6, 6.07) is 17.3. The number of nitro groups is 1. The van der Waals surface area contributed by atoms with Crippen molar-refractivity contribution in [2.45, 2.75) is 0 Å². The molecule has 3 aromatic carbocycles. The number of non-ortho nitro benzene ring substituents is 1. The van der Waals surface area contributed by atoms with Crippen LogP contribution in [0.3, 0.4) is 0 Å². The molecule has 0 bridgehead atoms. The highest BCUT2D eigenvalue weighted by molar-refractivity contribution is 5.97. The predicted molar refractivity (Wildman–Crippen MR) is 85.6 cm³/mol. The van der Waals surface area contributed by atoms with E-state index in [0.29, 0.717) is 17.1 Å². The lowest BCUT2D eigenvalue weighted by Gasteiger charge is -2.04. The van der Waals surface area contributed by atoms with Crippen LogP contribution in [0.1, 0.15) is 0 Å². The molecule has 0 amide bonds. The molecule has 0 saturated heterocycles. The van der Waals surface area contributed by atoms with E-state index in [4.69, 9.17) is 5.73 Å². The summed E-state index contributed by atoms with van der Waals surface area (Å²) in [5, 5.41) is 20.7. The molecule has 0 fully saturated rings. The Labute approximate surface area is 126 Å². The molecule has 6 heteroatoms. The van der Waals surface area contributed by atoms with Gasteiger partial charge in [0.05, 0.1) is 16.3 Å². The first-order chi connectivity index (χ1) is 10.6. The molecule has 22 heavy (non-hydrogen) atoms. The standard InChI is InChI=1S/C16H12N4O2/c17-16-14-4-2-1-3-11(14)5-10-15(16)19-18-12-6-8-13(9-7-12)20(21)22/h1-10H,17H2. The van der Waals surface area contributed by atoms with Crippen LogP contribution in [0.5, 0.6) is 0 Å². The van der Waals surface area contributed by atoms with Gasteiger partial charge in [0, 0.05) is 17.5 Å². The van der Waals surface area contributed by atoms with Gasteiger partial charge in [-0.15, -0.1) is 5.11 Å². The van der Waals surface area contributed by atoms with Crippen LogP contribution >= 0.6 is 0 Å². The van der Waals surface area contributed by atoms with Gasteiger partial charge in [0.15, 0.2) is 0 Å². The van der Waals surface area contributed by atoms with Crippen molar-refractivity contribution < 1.29 is 4.92 Å². The monoisotopic (exact) mass is 292 g/mol. The second-order valence-electron chi connectivity index (χ2n) is 4.69. The zero-order chi connectivity index (χ0) is 15.5. The van der Waals surface area contributed by atoms with Crippen LogP contribution in [-0.2, 0) is 0 Å². The number of benzene rings is 3. The molecule has 108 valence electrons. The van der Waals surface area contributed by atoms with Crippen molar-refractivity contribution >= 4 is 33.5 Å². The Morgan fingerprint density at radius 1 is 0.909 bits per heavy atom. The van der Waals surface area contributed by atoms with Gasteiger partial charge in [0.2, 0.25) is 0 Å². The normalized spacial score (nSPS) is 11.1. The quantitative estimate of drug-likeness (QED) is 0.327. The van der Waals surface area contributed by atoms with Gasteiger partial charge in [-0.05, 0) is 23.6 Å². The van der Waals surface area contributed by atoms with Crippen molar-refractivity contribution in [1.82, 2.24) is 0 Å². The number of nitrogen functional groups attached to an aromatic ring is 1. The Hall–Kier alpha value is -3.28. The number of fused-ring (bicyclic) bond motifs is 1. The topological polar surface area (TPSA) is 93.9 Å². The fourth-order valence-corrected chi connectivity index (χ4v) is 2.12. The van der Waals surface area contributed by atoms with Gasteiger partial charge in [-0.25, -0.2) is 0 Å². The maximum absolute atomic E-state index is 10.6. The minimum Gasteiger partial charge on any atom is -0.396 e. The van der Waals surface area contributed by atoms with Crippen molar-refractivity contribution in [2.75, 3.05) is 5.73 Å². The van der Waals surface area contributed by atoms with Gasteiger partial charge in [-0.2, -0.15) is 5.11 Å². The van der Waals surface area contributed by atoms with E-state index in [9.17, 15) is 10.1 Å². The van der Waals surface area contributed by atoms with Crippen molar-refractivity contribution in [3.63, 3.8) is 0 Å². The van der Waals surface area contributed by atoms with Crippen LogP contribution < -0.4 is 5.73 Å². The van der Waals surface area contributed by atoms with Gasteiger partial charge in [-0.3, -0.25) is 10.1 Å². The third kappa shape index (κ3) is 2.62. The maximum Gasteiger partial charge on any atom is 0.269 e. The maximum atomic E-state index is 10.6. The highest BCUT2D eigenvalue weighted by Gasteiger charge is 2.05. The Balaban J connectivity index is 1.92.